The molecule has 0 spiro atoms. The fraction of sp³-hybridized carbons (Fsp3) is 0.650. The molecule has 4 rings (SSSR count). The van der Waals surface area contributed by atoms with Crippen LogP contribution >= 0.6 is 0 Å². The second-order valence-electron chi connectivity index (χ2n) is 7.70. The highest BCUT2D eigenvalue weighted by Crippen LogP contribution is 2.32. The van der Waals surface area contributed by atoms with Crippen LogP contribution in [0.5, 0.6) is 0 Å². The summed E-state index contributed by atoms with van der Waals surface area (Å²) < 4.78 is 10.8. The summed E-state index contributed by atoms with van der Waals surface area (Å²) in [5.74, 6) is 3.13. The molecule has 1 N–H and O–H groups in total. The zero-order chi connectivity index (χ0) is 18.5. The Labute approximate surface area is 159 Å². The third kappa shape index (κ3) is 4.77. The van der Waals surface area contributed by atoms with Gasteiger partial charge in [-0.1, -0.05) is 18.0 Å². The van der Waals surface area contributed by atoms with Gasteiger partial charge in [0.25, 0.3) is 0 Å². The number of likely N-dealkylation sites (tertiary alicyclic amines) is 1. The molecule has 2 aromatic heterocycles. The highest BCUT2D eigenvalue weighted by atomic mass is 16.5. The van der Waals surface area contributed by atoms with Crippen LogP contribution in [0.1, 0.15) is 61.9 Å². The van der Waals surface area contributed by atoms with Gasteiger partial charge in [-0.3, -0.25) is 9.69 Å². The molecule has 0 aromatic carbocycles. The van der Waals surface area contributed by atoms with Crippen LogP contribution in [0.15, 0.2) is 27.3 Å². The summed E-state index contributed by atoms with van der Waals surface area (Å²) in [5, 5.41) is 7.10. The van der Waals surface area contributed by atoms with E-state index in [2.05, 4.69) is 20.4 Å². The van der Waals surface area contributed by atoms with Crippen LogP contribution in [0.4, 0.5) is 0 Å². The second kappa shape index (κ2) is 8.69. The Balaban J connectivity index is 1.16. The van der Waals surface area contributed by atoms with Crippen LogP contribution in [-0.2, 0) is 17.8 Å². The number of hydrogen-bond donors (Lipinski definition) is 1. The molecule has 1 aliphatic heterocycles. The maximum absolute atomic E-state index is 12.4. The molecule has 0 unspecified atom stereocenters. The first-order chi connectivity index (χ1) is 13.3. The summed E-state index contributed by atoms with van der Waals surface area (Å²) in [6.45, 7) is 3.24. The SMILES string of the molecule is O=C(NCCc1noc(C2CCCC2)n1)C1CCN(Cc2ccco2)CC1. The molecule has 2 aliphatic rings. The van der Waals surface area contributed by atoms with Gasteiger partial charge in [0.1, 0.15) is 5.76 Å². The first kappa shape index (κ1) is 18.2. The molecular weight excluding hydrogens is 344 g/mol. The number of amides is 1. The topological polar surface area (TPSA) is 84.4 Å². The molecule has 146 valence electrons. The standard InChI is InChI=1S/C20H28N4O3/c25-19(15-8-11-24(12-9-15)14-17-6-3-13-26-17)21-10-7-18-22-20(27-23-18)16-4-1-2-5-16/h3,6,13,15-16H,1-2,4-5,7-12,14H2,(H,21,25). The van der Waals surface area contributed by atoms with Crippen molar-refractivity contribution in [2.45, 2.75) is 57.4 Å². The normalized spacial score (nSPS) is 19.6. The van der Waals surface area contributed by atoms with Crippen LogP contribution in [0.3, 0.4) is 0 Å². The van der Waals surface area contributed by atoms with E-state index in [4.69, 9.17) is 8.94 Å². The molecule has 7 heteroatoms. The number of furan rings is 1. The number of piperidine rings is 1. The van der Waals surface area contributed by atoms with Crippen LogP contribution in [0.2, 0.25) is 0 Å². The lowest BCUT2D eigenvalue weighted by molar-refractivity contribution is -0.126. The van der Waals surface area contributed by atoms with Crippen molar-refractivity contribution in [3.63, 3.8) is 0 Å². The number of hydrogen-bond acceptors (Lipinski definition) is 6. The lowest BCUT2D eigenvalue weighted by Gasteiger charge is -2.30. The van der Waals surface area contributed by atoms with Gasteiger partial charge in [-0.2, -0.15) is 4.98 Å². The maximum Gasteiger partial charge on any atom is 0.229 e. The maximum atomic E-state index is 12.4. The quantitative estimate of drug-likeness (QED) is 0.804. The molecule has 7 nitrogen and oxygen atoms in total. The van der Waals surface area contributed by atoms with Crippen molar-refractivity contribution in [2.75, 3.05) is 19.6 Å². The van der Waals surface area contributed by atoms with Crippen LogP contribution in [-0.4, -0.2) is 40.6 Å². The van der Waals surface area contributed by atoms with E-state index < -0.39 is 0 Å². The number of carbonyl (C=O) groups is 1. The summed E-state index contributed by atoms with van der Waals surface area (Å²) >= 11 is 0. The zero-order valence-corrected chi connectivity index (χ0v) is 15.7. The van der Waals surface area contributed by atoms with Crippen molar-refractivity contribution in [3.05, 3.63) is 35.9 Å². The third-order valence-electron chi connectivity index (χ3n) is 5.75. The molecule has 0 bridgehead atoms. The number of rotatable bonds is 7. The van der Waals surface area contributed by atoms with Crippen molar-refractivity contribution in [3.8, 4) is 0 Å². The highest BCUT2D eigenvalue weighted by molar-refractivity contribution is 5.78. The Morgan fingerprint density at radius 2 is 2.04 bits per heavy atom. The van der Waals surface area contributed by atoms with Crippen LogP contribution in [0, 0.1) is 5.92 Å². The Kier molecular flexibility index (Phi) is 5.87. The van der Waals surface area contributed by atoms with E-state index in [9.17, 15) is 4.79 Å². The van der Waals surface area contributed by atoms with E-state index in [1.165, 1.54) is 12.8 Å². The molecule has 2 fully saturated rings. The van der Waals surface area contributed by atoms with Gasteiger partial charge in [0.15, 0.2) is 5.82 Å². The number of carbonyl (C=O) groups excluding carboxylic acids is 1. The van der Waals surface area contributed by atoms with Crippen molar-refractivity contribution in [1.29, 1.82) is 0 Å². The van der Waals surface area contributed by atoms with Crippen molar-refractivity contribution < 1.29 is 13.7 Å². The summed E-state index contributed by atoms with van der Waals surface area (Å²) in [7, 11) is 0. The van der Waals surface area contributed by atoms with Gasteiger partial charge in [-0.15, -0.1) is 0 Å². The molecule has 0 radical (unpaired) electrons. The lowest BCUT2D eigenvalue weighted by atomic mass is 9.96. The first-order valence-corrected chi connectivity index (χ1v) is 10.1. The minimum Gasteiger partial charge on any atom is -0.468 e. The largest absolute Gasteiger partial charge is 0.468 e. The Morgan fingerprint density at radius 3 is 2.78 bits per heavy atom. The molecule has 1 saturated heterocycles. The van der Waals surface area contributed by atoms with E-state index in [1.807, 2.05) is 12.1 Å². The molecule has 2 aromatic rings. The molecule has 27 heavy (non-hydrogen) atoms. The van der Waals surface area contributed by atoms with Gasteiger partial charge in [-0.05, 0) is 50.9 Å². The zero-order valence-electron chi connectivity index (χ0n) is 15.7. The number of nitrogens with one attached hydrogen (secondary N) is 1. The minimum atomic E-state index is 0.0946. The summed E-state index contributed by atoms with van der Waals surface area (Å²) in [5.41, 5.74) is 0. The molecule has 1 saturated carbocycles. The Bertz CT molecular complexity index is 713. The smallest absolute Gasteiger partial charge is 0.229 e. The second-order valence-corrected chi connectivity index (χ2v) is 7.70. The van der Waals surface area contributed by atoms with Gasteiger partial charge < -0.3 is 14.3 Å². The lowest BCUT2D eigenvalue weighted by Crippen LogP contribution is -2.40. The molecule has 0 atom stereocenters. The van der Waals surface area contributed by atoms with E-state index in [1.54, 1.807) is 6.26 Å². The van der Waals surface area contributed by atoms with Gasteiger partial charge in [0.05, 0.1) is 12.8 Å². The predicted octanol–water partition coefficient (Wildman–Crippen LogP) is 2.89. The number of nitrogens with zero attached hydrogens (tertiary/aromatic N) is 3. The molecule has 1 amide bonds. The fourth-order valence-corrected chi connectivity index (χ4v) is 4.13. The fourth-order valence-electron chi connectivity index (χ4n) is 4.13. The summed E-state index contributed by atoms with van der Waals surface area (Å²) in [6, 6.07) is 3.91. The van der Waals surface area contributed by atoms with E-state index >= 15 is 0 Å². The summed E-state index contributed by atoms with van der Waals surface area (Å²) in [4.78, 5) is 19.3. The Morgan fingerprint density at radius 1 is 1.22 bits per heavy atom. The first-order valence-electron chi connectivity index (χ1n) is 10.1. The molecule has 3 heterocycles. The number of aromatic nitrogens is 2. The van der Waals surface area contributed by atoms with E-state index in [0.29, 0.717) is 24.7 Å². The average molecular weight is 372 g/mol. The van der Waals surface area contributed by atoms with Gasteiger partial charge in [0.2, 0.25) is 11.8 Å². The molecule has 1 aliphatic carbocycles. The van der Waals surface area contributed by atoms with Crippen molar-refractivity contribution in [2.24, 2.45) is 5.92 Å². The predicted molar refractivity (Wildman–Crippen MR) is 98.9 cm³/mol. The highest BCUT2D eigenvalue weighted by Gasteiger charge is 2.26. The van der Waals surface area contributed by atoms with E-state index in [0.717, 1.165) is 57.0 Å². The molecular formula is C20H28N4O3. The van der Waals surface area contributed by atoms with Gasteiger partial charge in [-0.25, -0.2) is 0 Å². The average Bonchev–Trinajstić information content (AvgIpc) is 3.44. The van der Waals surface area contributed by atoms with Crippen molar-refractivity contribution in [1.82, 2.24) is 20.4 Å². The van der Waals surface area contributed by atoms with E-state index in [-0.39, 0.29) is 11.8 Å². The van der Waals surface area contributed by atoms with Gasteiger partial charge >= 0.3 is 0 Å². The van der Waals surface area contributed by atoms with Crippen molar-refractivity contribution >= 4 is 5.91 Å². The van der Waals surface area contributed by atoms with Crippen LogP contribution < -0.4 is 5.32 Å². The summed E-state index contributed by atoms with van der Waals surface area (Å²) in [6.07, 6.45) is 8.90. The third-order valence-corrected chi connectivity index (χ3v) is 5.75. The van der Waals surface area contributed by atoms with Gasteiger partial charge in [0, 0.05) is 24.8 Å². The Hall–Kier alpha value is -2.15. The minimum absolute atomic E-state index is 0.0946. The monoisotopic (exact) mass is 372 g/mol. The van der Waals surface area contributed by atoms with Crippen LogP contribution in [0.25, 0.3) is 0 Å².